The topological polar surface area (TPSA) is 49.7 Å². The van der Waals surface area contributed by atoms with Gasteiger partial charge in [-0.15, -0.1) is 0 Å². The number of rotatable bonds is 5. The monoisotopic (exact) mass is 351 g/mol. The molecule has 0 spiro atoms. The van der Waals surface area contributed by atoms with Crippen LogP contribution in [0.1, 0.15) is 62.7 Å². The highest BCUT2D eigenvalue weighted by atomic mass is 15.2. The lowest BCUT2D eigenvalue weighted by Crippen LogP contribution is -2.33. The minimum Gasteiger partial charge on any atom is -0.327 e. The first-order chi connectivity index (χ1) is 12.7. The van der Waals surface area contributed by atoms with Gasteiger partial charge in [-0.05, 0) is 57.0 Å². The lowest BCUT2D eigenvalue weighted by molar-refractivity contribution is 0.197. The van der Waals surface area contributed by atoms with Crippen molar-refractivity contribution in [3.8, 4) is 0 Å². The summed E-state index contributed by atoms with van der Waals surface area (Å²) >= 11 is 0. The molecule has 0 atom stereocenters. The van der Waals surface area contributed by atoms with Crippen LogP contribution < -0.4 is 0 Å². The van der Waals surface area contributed by atoms with Gasteiger partial charge in [0.25, 0.3) is 0 Å². The fourth-order valence-electron chi connectivity index (χ4n) is 4.06. The number of hydrogen-bond donors (Lipinski definition) is 1. The molecule has 0 bridgehead atoms. The zero-order valence-electron chi connectivity index (χ0n) is 16.1. The summed E-state index contributed by atoms with van der Waals surface area (Å²) < 4.78 is 2.35. The molecule has 0 unspecified atom stereocenters. The van der Waals surface area contributed by atoms with E-state index in [0.29, 0.717) is 11.8 Å². The van der Waals surface area contributed by atoms with Gasteiger partial charge in [0.2, 0.25) is 0 Å². The summed E-state index contributed by atoms with van der Waals surface area (Å²) in [6.45, 7) is 10.7. The number of likely N-dealkylation sites (tertiary alicyclic amines) is 1. The van der Waals surface area contributed by atoms with Crippen LogP contribution in [-0.2, 0) is 13.1 Å². The first kappa shape index (κ1) is 17.3. The smallest absolute Gasteiger partial charge is 0.124 e. The molecule has 0 radical (unpaired) electrons. The molecule has 1 aliphatic heterocycles. The van der Waals surface area contributed by atoms with Crippen LogP contribution in [0.2, 0.25) is 0 Å². The molecule has 1 aliphatic rings. The van der Waals surface area contributed by atoms with E-state index in [1.54, 1.807) is 0 Å². The Morgan fingerprint density at radius 1 is 1.19 bits per heavy atom. The van der Waals surface area contributed by atoms with E-state index in [2.05, 4.69) is 70.8 Å². The highest BCUT2D eigenvalue weighted by Gasteiger charge is 2.24. The summed E-state index contributed by atoms with van der Waals surface area (Å²) in [5.41, 5.74) is 4.85. The number of hydrogen-bond acceptors (Lipinski definition) is 3. The number of aromatic amines is 1. The fraction of sp³-hybridized carbons (Fsp3) is 0.524. The van der Waals surface area contributed by atoms with Crippen LogP contribution in [0.15, 0.2) is 30.3 Å². The SMILES string of the molecule is CCn1c(CN2CCC(c3cc(C(C)C)n[nH]3)CC2)nc2ccccc21. The average Bonchev–Trinajstić information content (AvgIpc) is 3.27. The van der Waals surface area contributed by atoms with E-state index in [9.17, 15) is 0 Å². The van der Waals surface area contributed by atoms with Gasteiger partial charge in [-0.3, -0.25) is 10.00 Å². The number of fused-ring (bicyclic) bond motifs is 1. The summed E-state index contributed by atoms with van der Waals surface area (Å²) in [4.78, 5) is 7.43. The van der Waals surface area contributed by atoms with Gasteiger partial charge in [-0.1, -0.05) is 26.0 Å². The highest BCUT2D eigenvalue weighted by Crippen LogP contribution is 2.29. The van der Waals surface area contributed by atoms with Crippen molar-refractivity contribution in [1.29, 1.82) is 0 Å². The van der Waals surface area contributed by atoms with E-state index in [1.807, 2.05) is 0 Å². The maximum absolute atomic E-state index is 4.88. The lowest BCUT2D eigenvalue weighted by atomic mass is 9.93. The van der Waals surface area contributed by atoms with E-state index in [1.165, 1.54) is 35.6 Å². The summed E-state index contributed by atoms with van der Waals surface area (Å²) in [5, 5.41) is 7.75. The molecule has 0 aliphatic carbocycles. The minimum absolute atomic E-state index is 0.488. The number of imidazole rings is 1. The van der Waals surface area contributed by atoms with E-state index in [-0.39, 0.29) is 0 Å². The Morgan fingerprint density at radius 3 is 2.65 bits per heavy atom. The molecule has 1 aromatic carbocycles. The third-order valence-electron chi connectivity index (χ3n) is 5.65. The van der Waals surface area contributed by atoms with Crippen LogP contribution in [0.25, 0.3) is 11.0 Å². The van der Waals surface area contributed by atoms with Gasteiger partial charge in [0.05, 0.1) is 23.3 Å². The predicted octanol–water partition coefficient (Wildman–Crippen LogP) is 4.28. The summed E-state index contributed by atoms with van der Waals surface area (Å²) in [6, 6.07) is 10.7. The van der Waals surface area contributed by atoms with Gasteiger partial charge in [0, 0.05) is 18.2 Å². The van der Waals surface area contributed by atoms with Crippen molar-refractivity contribution >= 4 is 11.0 Å². The average molecular weight is 351 g/mol. The van der Waals surface area contributed by atoms with Crippen molar-refractivity contribution in [2.24, 2.45) is 0 Å². The Balaban J connectivity index is 1.42. The largest absolute Gasteiger partial charge is 0.327 e. The van der Waals surface area contributed by atoms with Crippen molar-refractivity contribution in [1.82, 2.24) is 24.6 Å². The molecule has 0 amide bonds. The van der Waals surface area contributed by atoms with Gasteiger partial charge in [0.15, 0.2) is 0 Å². The van der Waals surface area contributed by atoms with E-state index >= 15 is 0 Å². The van der Waals surface area contributed by atoms with Gasteiger partial charge in [0.1, 0.15) is 5.82 Å². The molecule has 138 valence electrons. The lowest BCUT2D eigenvalue weighted by Gasteiger charge is -2.31. The molecule has 0 saturated carbocycles. The number of benzene rings is 1. The standard InChI is InChI=1S/C21H29N5/c1-4-26-20-8-6-5-7-17(20)22-21(26)14-25-11-9-16(10-12-25)19-13-18(15(2)3)23-24-19/h5-8,13,15-16H,4,9-12,14H2,1-3H3,(H,23,24). The third kappa shape index (κ3) is 3.28. The second-order valence-corrected chi connectivity index (χ2v) is 7.71. The molecule has 3 aromatic rings. The first-order valence-electron chi connectivity index (χ1n) is 9.87. The molecular weight excluding hydrogens is 322 g/mol. The van der Waals surface area contributed by atoms with Gasteiger partial charge in [-0.2, -0.15) is 5.10 Å². The molecule has 1 fully saturated rings. The first-order valence-corrected chi connectivity index (χ1v) is 9.87. The molecule has 5 heteroatoms. The van der Waals surface area contributed by atoms with Crippen molar-refractivity contribution < 1.29 is 0 Å². The second-order valence-electron chi connectivity index (χ2n) is 7.71. The molecule has 26 heavy (non-hydrogen) atoms. The number of aryl methyl sites for hydroxylation is 1. The Hall–Kier alpha value is -2.14. The van der Waals surface area contributed by atoms with Crippen molar-refractivity contribution in [2.75, 3.05) is 13.1 Å². The molecule has 3 heterocycles. The Bertz CT molecular complexity index is 868. The third-order valence-corrected chi connectivity index (χ3v) is 5.65. The van der Waals surface area contributed by atoms with Crippen molar-refractivity contribution in [2.45, 2.75) is 58.5 Å². The van der Waals surface area contributed by atoms with Gasteiger partial charge in [-0.25, -0.2) is 4.98 Å². The normalized spacial score (nSPS) is 16.8. The van der Waals surface area contributed by atoms with Crippen LogP contribution in [-0.4, -0.2) is 37.7 Å². The van der Waals surface area contributed by atoms with Crippen LogP contribution in [0.5, 0.6) is 0 Å². The maximum atomic E-state index is 4.88. The minimum atomic E-state index is 0.488. The number of para-hydroxylation sites is 2. The van der Waals surface area contributed by atoms with Gasteiger partial charge < -0.3 is 4.57 Å². The number of H-pyrrole nitrogens is 1. The van der Waals surface area contributed by atoms with E-state index in [4.69, 9.17) is 4.98 Å². The fourth-order valence-corrected chi connectivity index (χ4v) is 4.06. The molecular formula is C21H29N5. The Labute approximate surface area is 155 Å². The molecule has 2 aromatic heterocycles. The van der Waals surface area contributed by atoms with Crippen molar-refractivity contribution in [3.05, 3.63) is 47.5 Å². The van der Waals surface area contributed by atoms with Crippen molar-refractivity contribution in [3.63, 3.8) is 0 Å². The summed E-state index contributed by atoms with van der Waals surface area (Å²) in [7, 11) is 0. The molecule has 5 nitrogen and oxygen atoms in total. The Kier molecular flexibility index (Phi) is 4.81. The molecule has 1 N–H and O–H groups in total. The molecule has 1 saturated heterocycles. The van der Waals surface area contributed by atoms with Crippen LogP contribution in [0.3, 0.4) is 0 Å². The van der Waals surface area contributed by atoms with Gasteiger partial charge >= 0.3 is 0 Å². The highest BCUT2D eigenvalue weighted by molar-refractivity contribution is 5.75. The number of piperidine rings is 1. The van der Waals surface area contributed by atoms with Crippen LogP contribution in [0.4, 0.5) is 0 Å². The Morgan fingerprint density at radius 2 is 1.96 bits per heavy atom. The zero-order valence-corrected chi connectivity index (χ0v) is 16.1. The number of nitrogens with one attached hydrogen (secondary N) is 1. The van der Waals surface area contributed by atoms with Crippen LogP contribution >= 0.6 is 0 Å². The number of nitrogens with zero attached hydrogens (tertiary/aromatic N) is 4. The summed E-state index contributed by atoms with van der Waals surface area (Å²) in [5.74, 6) is 2.29. The number of aromatic nitrogens is 4. The van der Waals surface area contributed by atoms with E-state index in [0.717, 1.165) is 31.7 Å². The van der Waals surface area contributed by atoms with Crippen LogP contribution in [0, 0.1) is 0 Å². The quantitative estimate of drug-likeness (QED) is 0.746. The van der Waals surface area contributed by atoms with E-state index < -0.39 is 0 Å². The summed E-state index contributed by atoms with van der Waals surface area (Å²) in [6.07, 6.45) is 2.37. The zero-order chi connectivity index (χ0) is 18.1. The molecule has 4 rings (SSSR count). The maximum Gasteiger partial charge on any atom is 0.124 e. The second kappa shape index (κ2) is 7.23. The predicted molar refractivity (Wildman–Crippen MR) is 105 cm³/mol.